The van der Waals surface area contributed by atoms with E-state index < -0.39 is 28.5 Å². The molecule has 0 bridgehead atoms. The first-order chi connectivity index (χ1) is 14.3. The van der Waals surface area contributed by atoms with Gasteiger partial charge in [-0.2, -0.15) is 0 Å². The Labute approximate surface area is 175 Å². The Morgan fingerprint density at radius 2 is 1.73 bits per heavy atom. The fourth-order valence-electron chi connectivity index (χ4n) is 2.79. The molecule has 0 aliphatic carbocycles. The molecule has 0 aliphatic rings. The van der Waals surface area contributed by atoms with Crippen molar-refractivity contribution in [1.29, 1.82) is 0 Å². The van der Waals surface area contributed by atoms with Crippen LogP contribution in [-0.2, 0) is 0 Å². The first kappa shape index (κ1) is 20.9. The monoisotopic (exact) mass is 428 g/mol. The molecule has 154 valence electrons. The lowest BCUT2D eigenvalue weighted by Crippen LogP contribution is -2.32. The van der Waals surface area contributed by atoms with Crippen molar-refractivity contribution in [2.24, 2.45) is 0 Å². The minimum Gasteiger partial charge on any atom is -0.493 e. The fourth-order valence-corrected chi connectivity index (χ4v) is 2.91. The molecule has 2 N–H and O–H groups in total. The number of hydrogen-bond acceptors (Lipinski definition) is 6. The number of aromatic amines is 1. The van der Waals surface area contributed by atoms with Crippen LogP contribution in [0, 0.1) is 0 Å². The minimum absolute atomic E-state index is 0.232. The number of nitrogens with one attached hydrogen (secondary N) is 1. The van der Waals surface area contributed by atoms with Gasteiger partial charge in [-0.1, -0.05) is 23.7 Å². The number of ketones is 1. The van der Waals surface area contributed by atoms with Gasteiger partial charge in [0, 0.05) is 5.02 Å². The highest BCUT2D eigenvalue weighted by Crippen LogP contribution is 2.28. The molecule has 30 heavy (non-hydrogen) atoms. The number of aromatic nitrogens is 2. The van der Waals surface area contributed by atoms with Crippen molar-refractivity contribution in [3.63, 3.8) is 0 Å². The number of ether oxygens (including phenoxy) is 2. The molecule has 2 aromatic carbocycles. The van der Waals surface area contributed by atoms with Crippen molar-refractivity contribution in [3.05, 3.63) is 85.5 Å². The van der Waals surface area contributed by atoms with Crippen LogP contribution in [0.15, 0.2) is 58.1 Å². The van der Waals surface area contributed by atoms with Crippen molar-refractivity contribution in [1.82, 2.24) is 9.55 Å². The average molecular weight is 429 g/mol. The van der Waals surface area contributed by atoms with Crippen LogP contribution in [-0.4, -0.2) is 34.7 Å². The summed E-state index contributed by atoms with van der Waals surface area (Å²) in [6.45, 7) is 0. The van der Waals surface area contributed by atoms with Crippen molar-refractivity contribution in [3.8, 4) is 23.1 Å². The number of hydrogen-bond donors (Lipinski definition) is 2. The molecule has 0 atom stereocenters. The van der Waals surface area contributed by atoms with Gasteiger partial charge in [0.05, 0.1) is 19.9 Å². The van der Waals surface area contributed by atoms with Gasteiger partial charge in [-0.05, 0) is 48.0 Å². The standard InChI is InChI=1S/C21H17ClN2O6/c1-29-16-10-4-12(11-17(16)30-2)3-9-15(25)18-19(26)23-21(28)24(20(18)27)14-7-5-13(22)6-8-14/h3-11,27H,1-2H3,(H,23,26,28)/b9-3+. The zero-order valence-corrected chi connectivity index (χ0v) is 16.8. The lowest BCUT2D eigenvalue weighted by molar-refractivity contribution is 0.104. The second-order valence-electron chi connectivity index (χ2n) is 6.08. The van der Waals surface area contributed by atoms with E-state index >= 15 is 0 Å². The van der Waals surface area contributed by atoms with Crippen LogP contribution in [0.4, 0.5) is 0 Å². The smallest absolute Gasteiger partial charge is 0.335 e. The third kappa shape index (κ3) is 4.13. The summed E-state index contributed by atoms with van der Waals surface area (Å²) >= 11 is 5.84. The molecule has 0 saturated carbocycles. The quantitative estimate of drug-likeness (QED) is 0.461. The third-order valence-corrected chi connectivity index (χ3v) is 4.50. The van der Waals surface area contributed by atoms with Gasteiger partial charge in [0.15, 0.2) is 17.3 Å². The van der Waals surface area contributed by atoms with Gasteiger partial charge >= 0.3 is 5.69 Å². The lowest BCUT2D eigenvalue weighted by Gasteiger charge is -2.10. The van der Waals surface area contributed by atoms with Crippen molar-refractivity contribution >= 4 is 23.5 Å². The van der Waals surface area contributed by atoms with Gasteiger partial charge in [0.1, 0.15) is 5.56 Å². The Kier molecular flexibility index (Phi) is 6.08. The second-order valence-corrected chi connectivity index (χ2v) is 6.52. The molecular weight excluding hydrogens is 412 g/mol. The molecule has 0 fully saturated rings. The Balaban J connectivity index is 2.01. The topological polar surface area (TPSA) is 111 Å². The Bertz CT molecular complexity index is 1240. The van der Waals surface area contributed by atoms with Crippen molar-refractivity contribution < 1.29 is 19.4 Å². The summed E-state index contributed by atoms with van der Waals surface area (Å²) in [6.07, 6.45) is 2.56. The Hall–Kier alpha value is -3.78. The maximum Gasteiger partial charge on any atom is 0.335 e. The normalized spacial score (nSPS) is 10.9. The number of carbonyl (C=O) groups excluding carboxylic acids is 1. The number of methoxy groups -OCH3 is 2. The zero-order valence-electron chi connectivity index (χ0n) is 16.0. The summed E-state index contributed by atoms with van der Waals surface area (Å²) < 4.78 is 11.2. The van der Waals surface area contributed by atoms with Crippen LogP contribution in [0.5, 0.6) is 17.4 Å². The molecule has 3 aromatic rings. The molecule has 0 saturated heterocycles. The van der Waals surface area contributed by atoms with Crippen LogP contribution in [0.3, 0.4) is 0 Å². The largest absolute Gasteiger partial charge is 0.493 e. The van der Waals surface area contributed by atoms with Gasteiger partial charge in [-0.25, -0.2) is 9.36 Å². The molecule has 0 radical (unpaired) electrons. The first-order valence-corrected chi connectivity index (χ1v) is 9.02. The maximum absolute atomic E-state index is 12.6. The molecule has 1 aromatic heterocycles. The summed E-state index contributed by atoms with van der Waals surface area (Å²) in [7, 11) is 2.98. The predicted octanol–water partition coefficient (Wildman–Crippen LogP) is 2.80. The lowest BCUT2D eigenvalue weighted by atomic mass is 10.1. The van der Waals surface area contributed by atoms with Gasteiger partial charge in [-0.15, -0.1) is 0 Å². The van der Waals surface area contributed by atoms with E-state index in [0.717, 1.165) is 10.6 Å². The predicted molar refractivity (Wildman–Crippen MR) is 112 cm³/mol. The summed E-state index contributed by atoms with van der Waals surface area (Å²) in [6, 6.07) is 10.9. The van der Waals surface area contributed by atoms with E-state index in [2.05, 4.69) is 0 Å². The van der Waals surface area contributed by atoms with Gasteiger partial charge in [0.2, 0.25) is 5.88 Å². The van der Waals surface area contributed by atoms with E-state index in [0.29, 0.717) is 22.1 Å². The zero-order chi connectivity index (χ0) is 21.8. The number of carbonyl (C=O) groups is 1. The molecule has 9 heteroatoms. The van der Waals surface area contributed by atoms with Crippen LogP contribution in [0.1, 0.15) is 15.9 Å². The number of rotatable bonds is 6. The fraction of sp³-hybridized carbons (Fsp3) is 0.0952. The van der Waals surface area contributed by atoms with Gasteiger partial charge < -0.3 is 14.6 Å². The van der Waals surface area contributed by atoms with E-state index in [1.165, 1.54) is 44.6 Å². The summed E-state index contributed by atoms with van der Waals surface area (Å²) in [4.78, 5) is 39.1. The number of allylic oxidation sites excluding steroid dienone is 1. The number of halogens is 1. The first-order valence-electron chi connectivity index (χ1n) is 8.64. The average Bonchev–Trinajstić information content (AvgIpc) is 2.73. The van der Waals surface area contributed by atoms with Gasteiger partial charge in [0.25, 0.3) is 5.56 Å². The highest BCUT2D eigenvalue weighted by atomic mass is 35.5. The molecular formula is C21H17ClN2O6. The number of aromatic hydroxyl groups is 1. The van der Waals surface area contributed by atoms with E-state index in [4.69, 9.17) is 21.1 Å². The third-order valence-electron chi connectivity index (χ3n) is 4.25. The molecule has 3 rings (SSSR count). The van der Waals surface area contributed by atoms with Crippen LogP contribution in [0.25, 0.3) is 11.8 Å². The second kappa shape index (κ2) is 8.71. The number of nitrogens with zero attached hydrogens (tertiary/aromatic N) is 1. The molecule has 0 amide bonds. The summed E-state index contributed by atoms with van der Waals surface area (Å²) in [5, 5.41) is 10.9. The van der Waals surface area contributed by atoms with E-state index in [1.807, 2.05) is 4.98 Å². The molecule has 0 spiro atoms. The van der Waals surface area contributed by atoms with Crippen molar-refractivity contribution in [2.75, 3.05) is 14.2 Å². The Morgan fingerprint density at radius 1 is 1.07 bits per heavy atom. The molecule has 1 heterocycles. The van der Waals surface area contributed by atoms with E-state index in [9.17, 15) is 19.5 Å². The Morgan fingerprint density at radius 3 is 2.37 bits per heavy atom. The molecule has 8 nitrogen and oxygen atoms in total. The van der Waals surface area contributed by atoms with Crippen LogP contribution < -0.4 is 20.7 Å². The SMILES string of the molecule is COc1ccc(/C=C/C(=O)c2c(O)n(-c3ccc(Cl)cc3)c(=O)[nH]c2=O)cc1OC. The summed E-state index contributed by atoms with van der Waals surface area (Å²) in [5.74, 6) is -0.575. The highest BCUT2D eigenvalue weighted by Gasteiger charge is 2.20. The van der Waals surface area contributed by atoms with Gasteiger partial charge in [-0.3, -0.25) is 14.6 Å². The van der Waals surface area contributed by atoms with E-state index in [1.54, 1.807) is 18.2 Å². The molecule has 0 aliphatic heterocycles. The molecule has 0 unspecified atom stereocenters. The number of H-pyrrole nitrogens is 1. The maximum atomic E-state index is 12.6. The van der Waals surface area contributed by atoms with Crippen LogP contribution >= 0.6 is 11.6 Å². The minimum atomic E-state index is -0.996. The number of benzene rings is 2. The van der Waals surface area contributed by atoms with E-state index in [-0.39, 0.29) is 5.69 Å². The van der Waals surface area contributed by atoms with Crippen LogP contribution in [0.2, 0.25) is 5.02 Å². The highest BCUT2D eigenvalue weighted by molar-refractivity contribution is 6.30. The van der Waals surface area contributed by atoms with Crippen molar-refractivity contribution in [2.45, 2.75) is 0 Å². The summed E-state index contributed by atoms with van der Waals surface area (Å²) in [5.41, 5.74) is -1.62.